The van der Waals surface area contributed by atoms with E-state index in [1.165, 1.54) is 12.8 Å². The molecular weight excluding hydrogens is 260 g/mol. The van der Waals surface area contributed by atoms with E-state index in [9.17, 15) is 0 Å². The quantitative estimate of drug-likeness (QED) is 0.934. The number of hydrogen-bond donors (Lipinski definition) is 1. The molecule has 5 heteroatoms. The number of imidazole rings is 1. The summed E-state index contributed by atoms with van der Waals surface area (Å²) in [7, 11) is 2.19. The summed E-state index contributed by atoms with van der Waals surface area (Å²) in [5.74, 6) is 0. The van der Waals surface area contributed by atoms with Gasteiger partial charge in [0.05, 0.1) is 10.7 Å². The number of aromatic nitrogens is 2. The predicted molar refractivity (Wildman–Crippen MR) is 77.6 cm³/mol. The van der Waals surface area contributed by atoms with Crippen LogP contribution in [0.2, 0.25) is 5.02 Å². The van der Waals surface area contributed by atoms with Crippen molar-refractivity contribution in [1.29, 1.82) is 0 Å². The number of piperidine rings is 1. The Bertz CT molecular complexity index is 560. The maximum atomic E-state index is 5.99. The largest absolute Gasteiger partial charge is 0.317 e. The molecule has 0 amide bonds. The highest BCUT2D eigenvalue weighted by molar-refractivity contribution is 6.30. The van der Waals surface area contributed by atoms with E-state index < -0.39 is 0 Å². The minimum atomic E-state index is 0.662. The monoisotopic (exact) mass is 278 g/mol. The molecule has 4 nitrogen and oxygen atoms in total. The van der Waals surface area contributed by atoms with E-state index in [1.54, 1.807) is 0 Å². The minimum Gasteiger partial charge on any atom is -0.317 e. The molecule has 19 heavy (non-hydrogen) atoms. The van der Waals surface area contributed by atoms with Gasteiger partial charge in [-0.2, -0.15) is 0 Å². The van der Waals surface area contributed by atoms with Crippen molar-refractivity contribution in [2.75, 3.05) is 20.1 Å². The van der Waals surface area contributed by atoms with Gasteiger partial charge in [0.25, 0.3) is 0 Å². The molecule has 0 radical (unpaired) electrons. The fourth-order valence-electron chi connectivity index (χ4n) is 2.73. The maximum absolute atomic E-state index is 5.99. The molecule has 1 saturated heterocycles. The smallest absolute Gasteiger partial charge is 0.137 e. The molecule has 0 aromatic carbocycles. The van der Waals surface area contributed by atoms with Crippen molar-refractivity contribution in [3.8, 4) is 0 Å². The molecule has 0 bridgehead atoms. The summed E-state index contributed by atoms with van der Waals surface area (Å²) < 4.78 is 1.99. The number of halogens is 1. The number of hydrogen-bond acceptors (Lipinski definition) is 3. The molecule has 3 heterocycles. The molecule has 1 aliphatic rings. The second-order valence-electron chi connectivity index (χ2n) is 5.24. The molecule has 0 saturated carbocycles. The lowest BCUT2D eigenvalue weighted by Crippen LogP contribution is -2.40. The van der Waals surface area contributed by atoms with Crippen molar-refractivity contribution >= 4 is 17.2 Å². The molecule has 1 aliphatic heterocycles. The highest BCUT2D eigenvalue weighted by Crippen LogP contribution is 2.15. The normalized spacial score (nSPS) is 17.4. The Hall–Kier alpha value is -1.10. The van der Waals surface area contributed by atoms with E-state index in [0.717, 1.165) is 36.0 Å². The van der Waals surface area contributed by atoms with Crippen LogP contribution in [0, 0.1) is 0 Å². The standard InChI is InChI=1S/C14H19ClN4/c1-18(13-4-6-16-7-5-13)9-12-10-19-8-11(15)2-3-14(19)17-12/h2-3,8,10,13,16H,4-7,9H2,1H3. The molecule has 0 aliphatic carbocycles. The first-order valence-electron chi connectivity index (χ1n) is 6.76. The van der Waals surface area contributed by atoms with Crippen LogP contribution in [0.25, 0.3) is 5.65 Å². The molecule has 0 spiro atoms. The lowest BCUT2D eigenvalue weighted by Gasteiger charge is -2.31. The van der Waals surface area contributed by atoms with Crippen LogP contribution in [-0.4, -0.2) is 40.5 Å². The first-order chi connectivity index (χ1) is 9.22. The fraction of sp³-hybridized carbons (Fsp3) is 0.500. The number of nitrogens with zero attached hydrogens (tertiary/aromatic N) is 3. The summed E-state index contributed by atoms with van der Waals surface area (Å²) >= 11 is 5.99. The summed E-state index contributed by atoms with van der Waals surface area (Å²) in [5.41, 5.74) is 2.06. The van der Waals surface area contributed by atoms with E-state index in [-0.39, 0.29) is 0 Å². The molecular formula is C14H19ClN4. The van der Waals surface area contributed by atoms with Gasteiger partial charge in [-0.05, 0) is 45.1 Å². The van der Waals surface area contributed by atoms with Crippen LogP contribution >= 0.6 is 11.6 Å². The van der Waals surface area contributed by atoms with E-state index in [2.05, 4.69) is 28.4 Å². The lowest BCUT2D eigenvalue weighted by atomic mass is 10.1. The topological polar surface area (TPSA) is 32.6 Å². The molecule has 1 fully saturated rings. The average molecular weight is 279 g/mol. The molecule has 1 N–H and O–H groups in total. The van der Waals surface area contributed by atoms with Gasteiger partial charge in [0, 0.05) is 25.0 Å². The zero-order valence-electron chi connectivity index (χ0n) is 11.1. The molecule has 3 rings (SSSR count). The van der Waals surface area contributed by atoms with Gasteiger partial charge in [0.15, 0.2) is 0 Å². The Morgan fingerprint density at radius 2 is 2.16 bits per heavy atom. The Balaban J connectivity index is 1.73. The van der Waals surface area contributed by atoms with Gasteiger partial charge in [0.1, 0.15) is 5.65 Å². The summed E-state index contributed by atoms with van der Waals surface area (Å²) in [5, 5.41) is 4.14. The van der Waals surface area contributed by atoms with Crippen LogP contribution in [0.4, 0.5) is 0 Å². The van der Waals surface area contributed by atoms with Crippen LogP contribution in [0.15, 0.2) is 24.5 Å². The zero-order chi connectivity index (χ0) is 13.2. The zero-order valence-corrected chi connectivity index (χ0v) is 11.9. The Labute approximate surface area is 118 Å². The maximum Gasteiger partial charge on any atom is 0.137 e. The van der Waals surface area contributed by atoms with E-state index in [0.29, 0.717) is 6.04 Å². The van der Waals surface area contributed by atoms with Crippen LogP contribution in [0.5, 0.6) is 0 Å². The first kappa shape index (κ1) is 12.9. The van der Waals surface area contributed by atoms with Gasteiger partial charge in [-0.25, -0.2) is 4.98 Å². The fourth-order valence-corrected chi connectivity index (χ4v) is 2.89. The van der Waals surface area contributed by atoms with Crippen molar-refractivity contribution < 1.29 is 0 Å². The van der Waals surface area contributed by atoms with Crippen molar-refractivity contribution in [2.24, 2.45) is 0 Å². The summed E-state index contributed by atoms with van der Waals surface area (Å²) in [4.78, 5) is 7.04. The number of fused-ring (bicyclic) bond motifs is 1. The lowest BCUT2D eigenvalue weighted by molar-refractivity contribution is 0.190. The third-order valence-electron chi connectivity index (χ3n) is 3.81. The van der Waals surface area contributed by atoms with Crippen molar-refractivity contribution in [3.63, 3.8) is 0 Å². The summed E-state index contributed by atoms with van der Waals surface area (Å²) in [6, 6.07) is 4.50. The van der Waals surface area contributed by atoms with E-state index in [1.807, 2.05) is 22.7 Å². The van der Waals surface area contributed by atoms with Crippen LogP contribution in [0.1, 0.15) is 18.5 Å². The van der Waals surface area contributed by atoms with Gasteiger partial charge in [-0.15, -0.1) is 0 Å². The Morgan fingerprint density at radius 3 is 2.95 bits per heavy atom. The van der Waals surface area contributed by atoms with Gasteiger partial charge >= 0.3 is 0 Å². The molecule has 2 aromatic rings. The van der Waals surface area contributed by atoms with E-state index >= 15 is 0 Å². The van der Waals surface area contributed by atoms with Crippen molar-refractivity contribution in [3.05, 3.63) is 35.2 Å². The van der Waals surface area contributed by atoms with Gasteiger partial charge in [-0.1, -0.05) is 11.6 Å². The second kappa shape index (κ2) is 5.49. The number of rotatable bonds is 3. The number of pyridine rings is 1. The molecule has 0 unspecified atom stereocenters. The van der Waals surface area contributed by atoms with Gasteiger partial charge in [-0.3, -0.25) is 4.90 Å². The van der Waals surface area contributed by atoms with Gasteiger partial charge < -0.3 is 9.72 Å². The molecule has 102 valence electrons. The molecule has 0 atom stereocenters. The van der Waals surface area contributed by atoms with Crippen LogP contribution in [0.3, 0.4) is 0 Å². The minimum absolute atomic E-state index is 0.662. The Morgan fingerprint density at radius 1 is 1.37 bits per heavy atom. The first-order valence-corrected chi connectivity index (χ1v) is 7.14. The predicted octanol–water partition coefficient (Wildman–Crippen LogP) is 2.17. The average Bonchev–Trinajstić information content (AvgIpc) is 2.81. The van der Waals surface area contributed by atoms with Crippen molar-refractivity contribution in [1.82, 2.24) is 19.6 Å². The SMILES string of the molecule is CN(Cc1cn2cc(Cl)ccc2n1)C1CCNCC1. The molecule has 2 aromatic heterocycles. The van der Waals surface area contributed by atoms with Crippen LogP contribution in [-0.2, 0) is 6.54 Å². The highest BCUT2D eigenvalue weighted by atomic mass is 35.5. The summed E-state index contributed by atoms with van der Waals surface area (Å²) in [6.45, 7) is 3.13. The second-order valence-corrected chi connectivity index (χ2v) is 5.68. The van der Waals surface area contributed by atoms with Crippen LogP contribution < -0.4 is 5.32 Å². The van der Waals surface area contributed by atoms with Gasteiger partial charge in [0.2, 0.25) is 0 Å². The Kier molecular flexibility index (Phi) is 3.73. The summed E-state index contributed by atoms with van der Waals surface area (Å²) in [6.07, 6.45) is 6.40. The van der Waals surface area contributed by atoms with Crippen molar-refractivity contribution in [2.45, 2.75) is 25.4 Å². The van der Waals surface area contributed by atoms with E-state index in [4.69, 9.17) is 11.6 Å². The highest BCUT2D eigenvalue weighted by Gasteiger charge is 2.18. The third kappa shape index (κ3) is 2.91. The third-order valence-corrected chi connectivity index (χ3v) is 4.03. The number of nitrogens with one attached hydrogen (secondary N) is 1.